The maximum atomic E-state index is 12.1. The molecule has 0 radical (unpaired) electrons. The SMILES string of the molecule is N[C@H](CC1CC1)CN1C(=O)c2ccccc2C1=O. The van der Waals surface area contributed by atoms with Gasteiger partial charge >= 0.3 is 0 Å². The second-order valence-electron chi connectivity index (χ2n) is 5.21. The fourth-order valence-corrected chi connectivity index (χ4v) is 2.50. The Bertz CT molecular complexity index is 473. The number of benzene rings is 1. The molecule has 0 unspecified atom stereocenters. The van der Waals surface area contributed by atoms with Crippen LogP contribution in [-0.2, 0) is 0 Å². The molecule has 0 spiro atoms. The van der Waals surface area contributed by atoms with Crippen molar-refractivity contribution in [2.24, 2.45) is 11.7 Å². The molecule has 1 aromatic rings. The Balaban J connectivity index is 1.74. The molecule has 2 aliphatic rings. The smallest absolute Gasteiger partial charge is 0.261 e. The van der Waals surface area contributed by atoms with Crippen molar-refractivity contribution in [2.75, 3.05) is 6.54 Å². The van der Waals surface area contributed by atoms with Gasteiger partial charge in [0.05, 0.1) is 11.1 Å². The predicted molar refractivity (Wildman–Crippen MR) is 67.1 cm³/mol. The number of nitrogens with zero attached hydrogens (tertiary/aromatic N) is 1. The van der Waals surface area contributed by atoms with E-state index in [9.17, 15) is 9.59 Å². The highest BCUT2D eigenvalue weighted by atomic mass is 16.2. The molecule has 0 aromatic heterocycles. The van der Waals surface area contributed by atoms with Crippen LogP contribution in [0, 0.1) is 5.92 Å². The van der Waals surface area contributed by atoms with Gasteiger partial charge in [0.1, 0.15) is 0 Å². The van der Waals surface area contributed by atoms with E-state index in [0.29, 0.717) is 23.6 Å². The molecule has 2 amide bonds. The molecule has 0 bridgehead atoms. The van der Waals surface area contributed by atoms with Crippen molar-refractivity contribution in [1.29, 1.82) is 0 Å². The van der Waals surface area contributed by atoms with Gasteiger partial charge in [0, 0.05) is 12.6 Å². The molecule has 4 heteroatoms. The third-order valence-electron chi connectivity index (χ3n) is 3.63. The average Bonchev–Trinajstić information content (AvgIpc) is 3.14. The summed E-state index contributed by atoms with van der Waals surface area (Å²) in [5, 5.41) is 0. The van der Waals surface area contributed by atoms with E-state index >= 15 is 0 Å². The molecule has 4 nitrogen and oxygen atoms in total. The normalized spacial score (nSPS) is 20.2. The van der Waals surface area contributed by atoms with Crippen LogP contribution in [0.25, 0.3) is 0 Å². The van der Waals surface area contributed by atoms with Gasteiger partial charge in [-0.3, -0.25) is 14.5 Å². The third kappa shape index (κ3) is 1.93. The Morgan fingerprint density at radius 3 is 2.22 bits per heavy atom. The Hall–Kier alpha value is -1.68. The van der Waals surface area contributed by atoms with E-state index < -0.39 is 0 Å². The number of nitrogens with two attached hydrogens (primary N) is 1. The molecule has 1 atom stereocenters. The van der Waals surface area contributed by atoms with Crippen molar-refractivity contribution >= 4 is 11.8 Å². The summed E-state index contributed by atoms with van der Waals surface area (Å²) in [4.78, 5) is 25.5. The minimum absolute atomic E-state index is 0.0975. The lowest BCUT2D eigenvalue weighted by molar-refractivity contribution is 0.0642. The number of hydrogen-bond acceptors (Lipinski definition) is 3. The van der Waals surface area contributed by atoms with Crippen LogP contribution in [0.3, 0.4) is 0 Å². The minimum Gasteiger partial charge on any atom is -0.326 e. The van der Waals surface area contributed by atoms with E-state index in [1.54, 1.807) is 24.3 Å². The Morgan fingerprint density at radius 2 is 1.72 bits per heavy atom. The van der Waals surface area contributed by atoms with Crippen molar-refractivity contribution in [3.05, 3.63) is 35.4 Å². The lowest BCUT2D eigenvalue weighted by atomic mass is 10.1. The second-order valence-corrected chi connectivity index (χ2v) is 5.21. The molecule has 2 N–H and O–H groups in total. The van der Waals surface area contributed by atoms with Crippen LogP contribution >= 0.6 is 0 Å². The molecule has 94 valence electrons. The second kappa shape index (κ2) is 4.21. The molecule has 1 saturated carbocycles. The monoisotopic (exact) mass is 244 g/mol. The predicted octanol–water partition coefficient (Wildman–Crippen LogP) is 1.41. The van der Waals surface area contributed by atoms with Gasteiger partial charge in [0.2, 0.25) is 0 Å². The Kier molecular flexibility index (Phi) is 2.67. The first-order chi connectivity index (χ1) is 8.66. The zero-order valence-electron chi connectivity index (χ0n) is 10.1. The van der Waals surface area contributed by atoms with Crippen molar-refractivity contribution in [1.82, 2.24) is 4.90 Å². The van der Waals surface area contributed by atoms with Crippen molar-refractivity contribution in [3.8, 4) is 0 Å². The molecular weight excluding hydrogens is 228 g/mol. The molecule has 1 aliphatic heterocycles. The molecule has 3 rings (SSSR count). The Morgan fingerprint density at radius 1 is 1.17 bits per heavy atom. The number of rotatable bonds is 4. The third-order valence-corrected chi connectivity index (χ3v) is 3.63. The summed E-state index contributed by atoms with van der Waals surface area (Å²) in [6.07, 6.45) is 3.37. The quantitative estimate of drug-likeness (QED) is 0.814. The summed E-state index contributed by atoms with van der Waals surface area (Å²) in [7, 11) is 0. The topological polar surface area (TPSA) is 63.4 Å². The Labute approximate surface area is 106 Å². The van der Waals surface area contributed by atoms with Gasteiger partial charge in [0.25, 0.3) is 11.8 Å². The maximum absolute atomic E-state index is 12.1. The molecule has 18 heavy (non-hydrogen) atoms. The van der Waals surface area contributed by atoms with E-state index in [4.69, 9.17) is 5.73 Å². The summed E-state index contributed by atoms with van der Waals surface area (Å²) in [5.74, 6) is 0.291. The molecular formula is C14H16N2O2. The standard InChI is InChI=1S/C14H16N2O2/c15-10(7-9-5-6-9)8-16-13(17)11-3-1-2-4-12(11)14(16)18/h1-4,9-10H,5-8,15H2/t10-/m1/s1. The van der Waals surface area contributed by atoms with Crippen LogP contribution in [0.4, 0.5) is 0 Å². The first-order valence-corrected chi connectivity index (χ1v) is 6.37. The number of fused-ring (bicyclic) bond motifs is 1. The fourth-order valence-electron chi connectivity index (χ4n) is 2.50. The molecule has 1 heterocycles. The van der Waals surface area contributed by atoms with Crippen LogP contribution in [0.2, 0.25) is 0 Å². The first kappa shape index (κ1) is 11.4. The molecule has 1 fully saturated rings. The van der Waals surface area contributed by atoms with Crippen molar-refractivity contribution in [3.63, 3.8) is 0 Å². The number of imide groups is 1. The summed E-state index contributed by atoms with van der Waals surface area (Å²) in [6, 6.07) is 6.85. The van der Waals surface area contributed by atoms with E-state index in [0.717, 1.165) is 6.42 Å². The van der Waals surface area contributed by atoms with E-state index in [-0.39, 0.29) is 17.9 Å². The molecule has 1 aliphatic carbocycles. The van der Waals surface area contributed by atoms with Gasteiger partial charge in [-0.15, -0.1) is 0 Å². The minimum atomic E-state index is -0.207. The van der Waals surface area contributed by atoms with E-state index in [2.05, 4.69) is 0 Å². The number of carbonyl (C=O) groups is 2. The summed E-state index contributed by atoms with van der Waals surface area (Å²) in [6.45, 7) is 0.336. The van der Waals surface area contributed by atoms with Crippen LogP contribution in [0.1, 0.15) is 40.0 Å². The molecule has 1 aromatic carbocycles. The van der Waals surface area contributed by atoms with Gasteiger partial charge in [-0.05, 0) is 24.5 Å². The average molecular weight is 244 g/mol. The van der Waals surface area contributed by atoms with Crippen molar-refractivity contribution < 1.29 is 9.59 Å². The zero-order chi connectivity index (χ0) is 12.7. The highest BCUT2D eigenvalue weighted by Crippen LogP contribution is 2.33. The van der Waals surface area contributed by atoms with Gasteiger partial charge in [-0.1, -0.05) is 25.0 Å². The number of amides is 2. The number of hydrogen-bond donors (Lipinski definition) is 1. The lowest BCUT2D eigenvalue weighted by Crippen LogP contribution is -2.41. The van der Waals surface area contributed by atoms with Gasteiger partial charge in [0.15, 0.2) is 0 Å². The van der Waals surface area contributed by atoms with E-state index in [1.165, 1.54) is 17.7 Å². The largest absolute Gasteiger partial charge is 0.326 e. The fraction of sp³-hybridized carbons (Fsp3) is 0.429. The maximum Gasteiger partial charge on any atom is 0.261 e. The van der Waals surface area contributed by atoms with Gasteiger partial charge in [-0.25, -0.2) is 0 Å². The first-order valence-electron chi connectivity index (χ1n) is 6.37. The van der Waals surface area contributed by atoms with E-state index in [1.807, 2.05) is 0 Å². The van der Waals surface area contributed by atoms with Crippen LogP contribution < -0.4 is 5.73 Å². The van der Waals surface area contributed by atoms with Crippen LogP contribution in [0.15, 0.2) is 24.3 Å². The summed E-state index contributed by atoms with van der Waals surface area (Å²) in [5.41, 5.74) is 7.01. The van der Waals surface area contributed by atoms with Crippen LogP contribution in [-0.4, -0.2) is 29.3 Å². The van der Waals surface area contributed by atoms with Crippen molar-refractivity contribution in [2.45, 2.75) is 25.3 Å². The summed E-state index contributed by atoms with van der Waals surface area (Å²) < 4.78 is 0. The highest BCUT2D eigenvalue weighted by Gasteiger charge is 2.36. The number of carbonyl (C=O) groups excluding carboxylic acids is 2. The van der Waals surface area contributed by atoms with Crippen LogP contribution in [0.5, 0.6) is 0 Å². The van der Waals surface area contributed by atoms with Gasteiger partial charge < -0.3 is 5.73 Å². The summed E-state index contributed by atoms with van der Waals surface area (Å²) >= 11 is 0. The van der Waals surface area contributed by atoms with Gasteiger partial charge in [-0.2, -0.15) is 0 Å². The highest BCUT2D eigenvalue weighted by molar-refractivity contribution is 6.21. The molecule has 0 saturated heterocycles. The zero-order valence-corrected chi connectivity index (χ0v) is 10.1. The lowest BCUT2D eigenvalue weighted by Gasteiger charge is -2.18.